The molecule has 66 valence electrons. The lowest BCUT2D eigenvalue weighted by atomic mass is 10.2. The third-order valence-corrected chi connectivity index (χ3v) is 1.84. The number of hydrogen-bond donors (Lipinski definition) is 2. The van der Waals surface area contributed by atoms with Crippen molar-refractivity contribution in [2.24, 2.45) is 10.9 Å². The molecule has 0 aromatic carbocycles. The van der Waals surface area contributed by atoms with E-state index in [1.807, 2.05) is 12.3 Å². The molecule has 5 heteroatoms. The first-order valence-electron chi connectivity index (χ1n) is 3.71. The molecule has 0 amide bonds. The predicted molar refractivity (Wildman–Crippen MR) is 47.7 cm³/mol. The second kappa shape index (κ2) is 2.78. The third-order valence-electron chi connectivity index (χ3n) is 1.84. The Balaban J connectivity index is 2.75. The highest BCUT2D eigenvalue weighted by Crippen LogP contribution is 2.08. The minimum atomic E-state index is 0.0890. The van der Waals surface area contributed by atoms with Crippen molar-refractivity contribution < 1.29 is 5.21 Å². The van der Waals surface area contributed by atoms with Gasteiger partial charge in [-0.15, -0.1) is 0 Å². The summed E-state index contributed by atoms with van der Waals surface area (Å²) in [7, 11) is 0. The van der Waals surface area contributed by atoms with E-state index in [4.69, 9.17) is 10.9 Å². The predicted octanol–water partition coefficient (Wildman–Crippen LogP) is 0.429. The van der Waals surface area contributed by atoms with Crippen molar-refractivity contribution in [3.05, 3.63) is 36.4 Å². The minimum Gasteiger partial charge on any atom is -0.409 e. The molecule has 0 fully saturated rings. The van der Waals surface area contributed by atoms with Gasteiger partial charge in [0.1, 0.15) is 0 Å². The number of oxime groups is 1. The minimum absolute atomic E-state index is 0.0890. The van der Waals surface area contributed by atoms with Crippen LogP contribution in [0.15, 0.2) is 36.0 Å². The maximum Gasteiger partial charge on any atom is 0.172 e. The van der Waals surface area contributed by atoms with E-state index >= 15 is 0 Å². The number of hydrogen-bond acceptors (Lipinski definition) is 3. The van der Waals surface area contributed by atoms with Gasteiger partial charge in [0, 0.05) is 11.8 Å². The van der Waals surface area contributed by atoms with Gasteiger partial charge in [-0.25, -0.2) is 4.98 Å². The molecule has 5 nitrogen and oxygen atoms in total. The zero-order valence-corrected chi connectivity index (χ0v) is 6.75. The first kappa shape index (κ1) is 7.60. The number of rotatable bonds is 1. The summed E-state index contributed by atoms with van der Waals surface area (Å²) in [4.78, 5) is 3.95. The SMILES string of the molecule is N/C(=N/O)c1cccn2cncc12. The van der Waals surface area contributed by atoms with Gasteiger partial charge >= 0.3 is 0 Å². The molecule has 0 unspecified atom stereocenters. The third kappa shape index (κ3) is 1.10. The van der Waals surface area contributed by atoms with E-state index in [9.17, 15) is 0 Å². The molecular formula is C8H8N4O. The van der Waals surface area contributed by atoms with E-state index in [2.05, 4.69) is 10.1 Å². The lowest BCUT2D eigenvalue weighted by Crippen LogP contribution is -2.13. The largest absolute Gasteiger partial charge is 0.409 e. The molecule has 2 heterocycles. The summed E-state index contributed by atoms with van der Waals surface area (Å²) in [5.74, 6) is 0.0890. The first-order chi connectivity index (χ1) is 6.33. The van der Waals surface area contributed by atoms with Crippen LogP contribution < -0.4 is 5.73 Å². The van der Waals surface area contributed by atoms with Crippen molar-refractivity contribution in [2.45, 2.75) is 0 Å². The fraction of sp³-hybridized carbons (Fsp3) is 0. The van der Waals surface area contributed by atoms with Crippen molar-refractivity contribution in [1.82, 2.24) is 9.38 Å². The van der Waals surface area contributed by atoms with Gasteiger partial charge in [0.2, 0.25) is 0 Å². The Labute approximate surface area is 74.1 Å². The van der Waals surface area contributed by atoms with Crippen molar-refractivity contribution >= 4 is 11.4 Å². The van der Waals surface area contributed by atoms with Crippen molar-refractivity contribution in [3.63, 3.8) is 0 Å². The van der Waals surface area contributed by atoms with Crippen LogP contribution in [0, 0.1) is 0 Å². The number of nitrogens with zero attached hydrogens (tertiary/aromatic N) is 3. The standard InChI is InChI=1S/C8H8N4O/c9-8(11-13)6-2-1-3-12-5-10-4-7(6)12/h1-5,13H,(H2,9,11). The van der Waals surface area contributed by atoms with E-state index in [-0.39, 0.29) is 5.84 Å². The van der Waals surface area contributed by atoms with Gasteiger partial charge < -0.3 is 15.3 Å². The molecule has 0 saturated heterocycles. The topological polar surface area (TPSA) is 75.9 Å². The number of imidazole rings is 1. The van der Waals surface area contributed by atoms with Crippen LogP contribution in [0.4, 0.5) is 0 Å². The summed E-state index contributed by atoms with van der Waals surface area (Å²) < 4.78 is 1.80. The highest BCUT2D eigenvalue weighted by Gasteiger charge is 2.04. The molecule has 0 aliphatic heterocycles. The monoisotopic (exact) mass is 176 g/mol. The van der Waals surface area contributed by atoms with E-state index < -0.39 is 0 Å². The van der Waals surface area contributed by atoms with Crippen molar-refractivity contribution in [2.75, 3.05) is 0 Å². The van der Waals surface area contributed by atoms with Crippen LogP contribution in [-0.2, 0) is 0 Å². The van der Waals surface area contributed by atoms with Gasteiger partial charge in [0.25, 0.3) is 0 Å². The highest BCUT2D eigenvalue weighted by atomic mass is 16.4. The lowest BCUT2D eigenvalue weighted by Gasteiger charge is -2.00. The van der Waals surface area contributed by atoms with E-state index in [1.165, 1.54) is 0 Å². The number of fused-ring (bicyclic) bond motifs is 1. The molecule has 0 atom stereocenters. The molecular weight excluding hydrogens is 168 g/mol. The molecule has 3 N–H and O–H groups in total. The zero-order valence-electron chi connectivity index (χ0n) is 6.75. The van der Waals surface area contributed by atoms with Crippen LogP contribution in [0.5, 0.6) is 0 Å². The number of aromatic nitrogens is 2. The summed E-state index contributed by atoms with van der Waals surface area (Å²) in [6.07, 6.45) is 5.16. The first-order valence-corrected chi connectivity index (χ1v) is 3.71. The maximum atomic E-state index is 8.52. The molecule has 0 bridgehead atoms. The molecule has 13 heavy (non-hydrogen) atoms. The Bertz CT molecular complexity index is 460. The molecule has 0 saturated carbocycles. The zero-order chi connectivity index (χ0) is 9.26. The Kier molecular flexibility index (Phi) is 1.63. The van der Waals surface area contributed by atoms with Gasteiger partial charge in [-0.1, -0.05) is 5.16 Å². The summed E-state index contributed by atoms with van der Waals surface area (Å²) in [6, 6.07) is 3.58. The second-order valence-corrected chi connectivity index (χ2v) is 2.59. The number of nitrogens with two attached hydrogens (primary N) is 1. The van der Waals surface area contributed by atoms with Crippen LogP contribution in [0.25, 0.3) is 5.52 Å². The number of amidine groups is 1. The number of pyridine rings is 1. The lowest BCUT2D eigenvalue weighted by molar-refractivity contribution is 0.318. The van der Waals surface area contributed by atoms with Crippen LogP contribution in [0.3, 0.4) is 0 Å². The Morgan fingerprint density at radius 2 is 2.46 bits per heavy atom. The van der Waals surface area contributed by atoms with Crippen LogP contribution in [0.1, 0.15) is 5.56 Å². The van der Waals surface area contributed by atoms with Crippen LogP contribution in [0.2, 0.25) is 0 Å². The average molecular weight is 176 g/mol. The van der Waals surface area contributed by atoms with E-state index in [0.717, 1.165) is 5.52 Å². The second-order valence-electron chi connectivity index (χ2n) is 2.59. The molecule has 0 spiro atoms. The Morgan fingerprint density at radius 3 is 3.23 bits per heavy atom. The average Bonchev–Trinajstić information content (AvgIpc) is 2.63. The normalized spacial score (nSPS) is 12.2. The maximum absolute atomic E-state index is 8.52. The highest BCUT2D eigenvalue weighted by molar-refractivity contribution is 6.02. The molecule has 2 aromatic rings. The summed E-state index contributed by atoms with van der Waals surface area (Å²) >= 11 is 0. The quantitative estimate of drug-likeness (QED) is 0.286. The Morgan fingerprint density at radius 1 is 1.62 bits per heavy atom. The molecule has 0 aliphatic rings. The van der Waals surface area contributed by atoms with Crippen molar-refractivity contribution in [1.29, 1.82) is 0 Å². The molecule has 0 radical (unpaired) electrons. The fourth-order valence-electron chi connectivity index (χ4n) is 1.22. The summed E-state index contributed by atoms with van der Waals surface area (Å²) in [6.45, 7) is 0. The summed E-state index contributed by atoms with van der Waals surface area (Å²) in [5.41, 5.74) is 6.96. The van der Waals surface area contributed by atoms with E-state index in [0.29, 0.717) is 5.56 Å². The van der Waals surface area contributed by atoms with Gasteiger partial charge in [0.05, 0.1) is 18.0 Å². The molecule has 0 aliphatic carbocycles. The molecule has 2 aromatic heterocycles. The van der Waals surface area contributed by atoms with Crippen LogP contribution >= 0.6 is 0 Å². The summed E-state index contributed by atoms with van der Waals surface area (Å²) in [5, 5.41) is 11.5. The van der Waals surface area contributed by atoms with Crippen LogP contribution in [-0.4, -0.2) is 20.4 Å². The molecule has 2 rings (SSSR count). The van der Waals surface area contributed by atoms with Crippen molar-refractivity contribution in [3.8, 4) is 0 Å². The van der Waals surface area contributed by atoms with E-state index in [1.54, 1.807) is 23.0 Å². The van der Waals surface area contributed by atoms with Gasteiger partial charge in [-0.2, -0.15) is 0 Å². The Hall–Kier alpha value is -2.04. The van der Waals surface area contributed by atoms with Gasteiger partial charge in [-0.3, -0.25) is 0 Å². The van der Waals surface area contributed by atoms with Gasteiger partial charge in [0.15, 0.2) is 5.84 Å². The fourth-order valence-corrected chi connectivity index (χ4v) is 1.22. The smallest absolute Gasteiger partial charge is 0.172 e. The van der Waals surface area contributed by atoms with Gasteiger partial charge in [-0.05, 0) is 12.1 Å².